The molecule has 2 rings (SSSR count). The van der Waals surface area contributed by atoms with Gasteiger partial charge in [0, 0.05) is 6.54 Å². The van der Waals surface area contributed by atoms with Crippen LogP contribution in [0, 0.1) is 20.8 Å². The van der Waals surface area contributed by atoms with Crippen molar-refractivity contribution in [3.63, 3.8) is 0 Å². The first-order valence-corrected chi connectivity index (χ1v) is 7.68. The van der Waals surface area contributed by atoms with Crippen molar-refractivity contribution in [2.75, 3.05) is 26.4 Å². The summed E-state index contributed by atoms with van der Waals surface area (Å²) < 4.78 is 11.0. The number of carbonyl (C=O) groups is 2. The molecule has 6 nitrogen and oxygen atoms in total. The van der Waals surface area contributed by atoms with Crippen molar-refractivity contribution in [3.8, 4) is 5.75 Å². The van der Waals surface area contributed by atoms with Crippen molar-refractivity contribution in [2.24, 2.45) is 0 Å². The molecular weight excluding hydrogens is 298 g/mol. The van der Waals surface area contributed by atoms with Gasteiger partial charge in [-0.25, -0.2) is 0 Å². The number of carbonyl (C=O) groups excluding carboxylic acids is 1. The second-order valence-corrected chi connectivity index (χ2v) is 5.86. The first-order valence-electron chi connectivity index (χ1n) is 7.68. The molecule has 1 saturated heterocycles. The zero-order chi connectivity index (χ0) is 17.0. The third-order valence-corrected chi connectivity index (χ3v) is 4.17. The number of rotatable bonds is 5. The number of amides is 1. The summed E-state index contributed by atoms with van der Waals surface area (Å²) in [6, 6.07) is 3.55. The van der Waals surface area contributed by atoms with Gasteiger partial charge in [0.15, 0.2) is 6.61 Å². The van der Waals surface area contributed by atoms with Crippen LogP contribution in [0.3, 0.4) is 0 Å². The highest BCUT2D eigenvalue weighted by atomic mass is 16.5. The van der Waals surface area contributed by atoms with Crippen molar-refractivity contribution in [2.45, 2.75) is 33.2 Å². The monoisotopic (exact) mass is 321 g/mol. The molecule has 6 heteroatoms. The predicted octanol–water partition coefficient (Wildman–Crippen LogP) is 1.69. The van der Waals surface area contributed by atoms with Gasteiger partial charge in [-0.3, -0.25) is 9.59 Å². The molecule has 1 aliphatic heterocycles. The minimum absolute atomic E-state index is 0.0960. The maximum Gasteiger partial charge on any atom is 0.305 e. The molecule has 1 fully saturated rings. The van der Waals surface area contributed by atoms with Gasteiger partial charge in [-0.2, -0.15) is 0 Å². The molecule has 1 heterocycles. The van der Waals surface area contributed by atoms with Crippen LogP contribution in [-0.4, -0.2) is 54.3 Å². The van der Waals surface area contributed by atoms with Crippen LogP contribution < -0.4 is 4.74 Å². The zero-order valence-corrected chi connectivity index (χ0v) is 13.8. The Morgan fingerprint density at radius 1 is 1.30 bits per heavy atom. The number of ether oxygens (including phenoxy) is 2. The summed E-state index contributed by atoms with van der Waals surface area (Å²) in [5.74, 6) is -0.425. The van der Waals surface area contributed by atoms with Crippen LogP contribution >= 0.6 is 0 Å². The molecule has 0 unspecified atom stereocenters. The van der Waals surface area contributed by atoms with E-state index < -0.39 is 12.0 Å². The Morgan fingerprint density at radius 3 is 2.70 bits per heavy atom. The zero-order valence-electron chi connectivity index (χ0n) is 13.8. The Kier molecular flexibility index (Phi) is 5.60. The molecule has 1 atom stereocenters. The van der Waals surface area contributed by atoms with Crippen molar-refractivity contribution in [1.82, 2.24) is 4.90 Å². The van der Waals surface area contributed by atoms with Crippen molar-refractivity contribution < 1.29 is 24.2 Å². The molecule has 1 aromatic carbocycles. The molecule has 0 radical (unpaired) electrons. The second kappa shape index (κ2) is 7.46. The molecule has 126 valence electrons. The highest BCUT2D eigenvalue weighted by Gasteiger charge is 2.29. The number of carboxylic acid groups (broad SMARTS) is 1. The third kappa shape index (κ3) is 4.22. The van der Waals surface area contributed by atoms with Crippen LogP contribution in [0.1, 0.15) is 23.1 Å². The first-order chi connectivity index (χ1) is 10.9. The van der Waals surface area contributed by atoms with Crippen molar-refractivity contribution >= 4 is 11.9 Å². The number of nitrogens with zero attached hydrogens (tertiary/aromatic N) is 1. The van der Waals surface area contributed by atoms with Gasteiger partial charge < -0.3 is 19.5 Å². The van der Waals surface area contributed by atoms with E-state index in [9.17, 15) is 9.59 Å². The summed E-state index contributed by atoms with van der Waals surface area (Å²) in [7, 11) is 0. The Hall–Kier alpha value is -2.08. The van der Waals surface area contributed by atoms with E-state index in [4.69, 9.17) is 14.6 Å². The van der Waals surface area contributed by atoms with E-state index in [1.807, 2.05) is 32.9 Å². The van der Waals surface area contributed by atoms with Gasteiger partial charge in [-0.1, -0.05) is 12.1 Å². The highest BCUT2D eigenvalue weighted by Crippen LogP contribution is 2.25. The molecule has 0 aromatic heterocycles. The van der Waals surface area contributed by atoms with Gasteiger partial charge >= 0.3 is 5.97 Å². The van der Waals surface area contributed by atoms with E-state index in [0.29, 0.717) is 13.2 Å². The Bertz CT molecular complexity index is 599. The summed E-state index contributed by atoms with van der Waals surface area (Å²) in [4.78, 5) is 24.9. The summed E-state index contributed by atoms with van der Waals surface area (Å²) in [6.07, 6.45) is -0.117. The van der Waals surface area contributed by atoms with E-state index in [2.05, 4.69) is 0 Å². The SMILES string of the molecule is Cc1ccc(C)c(OCC(=O)N2CCOC[C@H]2CC(=O)O)c1C. The van der Waals surface area contributed by atoms with Gasteiger partial charge in [0.2, 0.25) is 0 Å². The minimum Gasteiger partial charge on any atom is -0.483 e. The average Bonchev–Trinajstić information content (AvgIpc) is 2.51. The lowest BCUT2D eigenvalue weighted by molar-refractivity contribution is -0.147. The first kappa shape index (κ1) is 17.3. The molecule has 1 N–H and O–H groups in total. The van der Waals surface area contributed by atoms with Gasteiger partial charge in [-0.05, 0) is 37.5 Å². The minimum atomic E-state index is -0.940. The normalized spacial score (nSPS) is 17.9. The number of hydrogen-bond acceptors (Lipinski definition) is 4. The van der Waals surface area contributed by atoms with Gasteiger partial charge in [0.25, 0.3) is 5.91 Å². The van der Waals surface area contributed by atoms with Crippen LogP contribution in [0.25, 0.3) is 0 Å². The van der Waals surface area contributed by atoms with Crippen molar-refractivity contribution in [1.29, 1.82) is 0 Å². The molecule has 0 bridgehead atoms. The maximum atomic E-state index is 12.4. The van der Waals surface area contributed by atoms with E-state index in [1.165, 1.54) is 0 Å². The molecule has 0 saturated carbocycles. The smallest absolute Gasteiger partial charge is 0.305 e. The van der Waals surface area contributed by atoms with Crippen LogP contribution in [0.5, 0.6) is 5.75 Å². The lowest BCUT2D eigenvalue weighted by atomic mass is 10.1. The molecule has 0 aliphatic carbocycles. The number of benzene rings is 1. The topological polar surface area (TPSA) is 76.1 Å². The Morgan fingerprint density at radius 2 is 2.00 bits per heavy atom. The molecular formula is C17H23NO5. The standard InChI is InChI=1S/C17H23NO5/c1-11-4-5-12(2)17(13(11)3)23-10-15(19)18-6-7-22-9-14(18)8-16(20)21/h4-5,14H,6-10H2,1-3H3,(H,20,21)/t14-/m1/s1. The summed E-state index contributed by atoms with van der Waals surface area (Å²) in [5, 5.41) is 8.95. The van der Waals surface area contributed by atoms with Gasteiger partial charge in [0.1, 0.15) is 5.75 Å². The fourth-order valence-corrected chi connectivity index (χ4v) is 2.72. The Balaban J connectivity index is 2.03. The van der Waals surface area contributed by atoms with Gasteiger partial charge in [-0.15, -0.1) is 0 Å². The predicted molar refractivity (Wildman–Crippen MR) is 84.7 cm³/mol. The van der Waals surface area contributed by atoms with E-state index in [-0.39, 0.29) is 25.5 Å². The number of hydrogen-bond donors (Lipinski definition) is 1. The fraction of sp³-hybridized carbons (Fsp3) is 0.529. The number of carboxylic acids is 1. The average molecular weight is 321 g/mol. The molecule has 1 amide bonds. The van der Waals surface area contributed by atoms with Crippen LogP contribution in [-0.2, 0) is 14.3 Å². The lowest BCUT2D eigenvalue weighted by Gasteiger charge is -2.34. The molecule has 0 spiro atoms. The fourth-order valence-electron chi connectivity index (χ4n) is 2.72. The maximum absolute atomic E-state index is 12.4. The summed E-state index contributed by atoms with van der Waals surface area (Å²) in [6.45, 7) is 6.87. The molecule has 1 aromatic rings. The summed E-state index contributed by atoms with van der Waals surface area (Å²) >= 11 is 0. The van der Waals surface area contributed by atoms with Crippen LogP contribution in [0.4, 0.5) is 0 Å². The van der Waals surface area contributed by atoms with Crippen LogP contribution in [0.2, 0.25) is 0 Å². The van der Waals surface area contributed by atoms with E-state index in [0.717, 1.165) is 22.4 Å². The number of aliphatic carboxylic acids is 1. The number of morpholine rings is 1. The Labute approximate surface area is 136 Å². The highest BCUT2D eigenvalue weighted by molar-refractivity contribution is 5.79. The third-order valence-electron chi connectivity index (χ3n) is 4.17. The van der Waals surface area contributed by atoms with Gasteiger partial charge in [0.05, 0.1) is 25.7 Å². The van der Waals surface area contributed by atoms with E-state index in [1.54, 1.807) is 4.90 Å². The molecule has 1 aliphatic rings. The second-order valence-electron chi connectivity index (χ2n) is 5.86. The molecule has 23 heavy (non-hydrogen) atoms. The lowest BCUT2D eigenvalue weighted by Crippen LogP contribution is -2.51. The van der Waals surface area contributed by atoms with Crippen LogP contribution in [0.15, 0.2) is 12.1 Å². The number of aryl methyl sites for hydroxylation is 2. The quantitative estimate of drug-likeness (QED) is 0.893. The largest absolute Gasteiger partial charge is 0.483 e. The van der Waals surface area contributed by atoms with Crippen molar-refractivity contribution in [3.05, 3.63) is 28.8 Å². The summed E-state index contributed by atoms with van der Waals surface area (Å²) in [5.41, 5.74) is 3.10. The van der Waals surface area contributed by atoms with E-state index >= 15 is 0 Å².